The molecule has 0 aromatic carbocycles. The van der Waals surface area contributed by atoms with Crippen LogP contribution in [0.3, 0.4) is 0 Å². The number of hydrogen-bond donors (Lipinski definition) is 0. The van der Waals surface area contributed by atoms with E-state index in [1.54, 1.807) is 25.3 Å². The number of unbranched alkanes of at least 4 members (excludes halogenated alkanes) is 6. The van der Waals surface area contributed by atoms with E-state index in [9.17, 15) is 4.79 Å². The topological polar surface area (TPSA) is 57.2 Å². The van der Waals surface area contributed by atoms with Crippen LogP contribution in [0.25, 0.3) is 0 Å². The predicted octanol–water partition coefficient (Wildman–Crippen LogP) is 11.8. The molecule has 2 atom stereocenters. The van der Waals surface area contributed by atoms with Crippen LogP contribution >= 0.6 is 0 Å². The van der Waals surface area contributed by atoms with Gasteiger partial charge in [0.25, 0.3) is 0 Å². The summed E-state index contributed by atoms with van der Waals surface area (Å²) in [6.07, 6.45) is 19.7. The molecule has 0 bridgehead atoms. The average Bonchev–Trinajstić information content (AvgIpc) is 3.07. The van der Waals surface area contributed by atoms with E-state index in [1.165, 1.54) is 90.4 Å². The molecule has 0 radical (unpaired) electrons. The van der Waals surface area contributed by atoms with Crippen LogP contribution in [0, 0.1) is 5.92 Å². The van der Waals surface area contributed by atoms with Gasteiger partial charge in [-0.1, -0.05) is 0 Å². The van der Waals surface area contributed by atoms with Crippen LogP contribution in [0.1, 0.15) is 146 Å². The van der Waals surface area contributed by atoms with Gasteiger partial charge in [0.1, 0.15) is 0 Å². The molecule has 286 valence electrons. The van der Waals surface area contributed by atoms with Crippen molar-refractivity contribution in [1.82, 2.24) is 4.90 Å². The number of likely N-dealkylation sites (tertiary alicyclic amines) is 1. The molecule has 0 aromatic heterocycles. The van der Waals surface area contributed by atoms with Crippen LogP contribution in [0.15, 0.2) is 10.2 Å². The molecule has 0 saturated carbocycles. The first-order chi connectivity index (χ1) is 23.0. The summed E-state index contributed by atoms with van der Waals surface area (Å²) >= 11 is -3.21. The summed E-state index contributed by atoms with van der Waals surface area (Å²) in [4.78, 5) is 14.3. The van der Waals surface area contributed by atoms with Crippen molar-refractivity contribution in [3.63, 3.8) is 0 Å². The molecule has 0 aliphatic carbocycles. The second kappa shape index (κ2) is 31.1. The SMILES string of the molecule is CCC[CH2][SnH]([CH2]CCC)[CH2]CCC.CCC[CH2][Sn](/[CH]=C/COCC1CCN(C(=O)OC(C)(C)C)CC1OCOC)([CH2]CCC)[CH2]CCC. The number of piperidine rings is 1. The number of rotatable bonds is 26. The van der Waals surface area contributed by atoms with Crippen molar-refractivity contribution in [3.8, 4) is 0 Å². The summed E-state index contributed by atoms with van der Waals surface area (Å²) in [5.74, 6) is 0.241. The molecule has 0 aromatic rings. The minimum atomic E-state index is -2.25. The Hall–Kier alpha value is 0.487. The van der Waals surface area contributed by atoms with E-state index in [0.29, 0.717) is 26.3 Å². The summed E-state index contributed by atoms with van der Waals surface area (Å²) in [5, 5.41) is 0. The molecule has 1 amide bonds. The van der Waals surface area contributed by atoms with Crippen LogP contribution in [0.2, 0.25) is 26.6 Å². The first-order valence-corrected chi connectivity index (χ1v) is 35.1. The molecule has 0 N–H and O–H groups in total. The number of carbonyl (C=O) groups excluding carboxylic acids is 1. The number of amides is 1. The molecule has 1 saturated heterocycles. The molecule has 6 nitrogen and oxygen atoms in total. The quantitative estimate of drug-likeness (QED) is 0.0492. The van der Waals surface area contributed by atoms with E-state index in [0.717, 1.165) is 6.42 Å². The van der Waals surface area contributed by atoms with Gasteiger partial charge in [0.2, 0.25) is 0 Å². The summed E-state index contributed by atoms with van der Waals surface area (Å²) < 4.78 is 35.0. The van der Waals surface area contributed by atoms with Crippen LogP contribution < -0.4 is 0 Å². The van der Waals surface area contributed by atoms with Gasteiger partial charge in [-0.15, -0.1) is 0 Å². The molecule has 1 aliphatic heterocycles. The standard InChI is InChI=1S/C16H28NO5.6C4H9.2Sn.H/c1-6-9-20-11-13-7-8-17(10-14(13)21-12-19-5)15(18)22-16(2,3)4;6*1-3-4-2;;;/h1,6,13-14H,7-12H2,2-5H3;6*1,3-4H2,2H3;;;. The Kier molecular flexibility index (Phi) is 31.4. The Labute approximate surface area is 311 Å². The van der Waals surface area contributed by atoms with Gasteiger partial charge < -0.3 is 0 Å². The van der Waals surface area contributed by atoms with Crippen molar-refractivity contribution in [1.29, 1.82) is 0 Å². The van der Waals surface area contributed by atoms with E-state index in [2.05, 4.69) is 51.7 Å². The number of ether oxygens (including phenoxy) is 4. The summed E-state index contributed by atoms with van der Waals surface area (Å²) in [5.41, 5.74) is -0.502. The van der Waals surface area contributed by atoms with Crippen molar-refractivity contribution in [2.45, 2.75) is 184 Å². The van der Waals surface area contributed by atoms with Crippen molar-refractivity contribution >= 4 is 44.2 Å². The molecule has 1 heterocycles. The zero-order valence-corrected chi connectivity index (χ0v) is 40.0. The molecule has 0 spiro atoms. The second-order valence-corrected chi connectivity index (χ2v) is 38.4. The van der Waals surface area contributed by atoms with Gasteiger partial charge in [-0.05, 0) is 20.8 Å². The van der Waals surface area contributed by atoms with Gasteiger partial charge in [0.15, 0.2) is 0 Å². The molecule has 1 fully saturated rings. The van der Waals surface area contributed by atoms with Crippen molar-refractivity contribution in [3.05, 3.63) is 10.2 Å². The van der Waals surface area contributed by atoms with E-state index < -0.39 is 43.7 Å². The Bertz CT molecular complexity index is 734. The molecule has 8 heteroatoms. The molecular formula is C40H83NO5Sn2. The molecular weight excluding hydrogens is 812 g/mol. The van der Waals surface area contributed by atoms with Gasteiger partial charge in [0.05, 0.1) is 0 Å². The third-order valence-electron chi connectivity index (χ3n) is 9.75. The fourth-order valence-electron chi connectivity index (χ4n) is 6.70. The van der Waals surface area contributed by atoms with Crippen molar-refractivity contribution in [2.75, 3.05) is 40.2 Å². The Morgan fingerprint density at radius 3 is 1.75 bits per heavy atom. The van der Waals surface area contributed by atoms with E-state index in [-0.39, 0.29) is 24.9 Å². The number of methoxy groups -OCH3 is 1. The van der Waals surface area contributed by atoms with Gasteiger partial charge in [-0.3, -0.25) is 0 Å². The number of nitrogens with zero attached hydrogens (tertiary/aromatic N) is 1. The van der Waals surface area contributed by atoms with E-state index in [4.69, 9.17) is 18.9 Å². The van der Waals surface area contributed by atoms with Gasteiger partial charge in [0, 0.05) is 0 Å². The Morgan fingerprint density at radius 1 is 0.812 bits per heavy atom. The summed E-state index contributed by atoms with van der Waals surface area (Å²) in [7, 11) is 1.62. The maximum atomic E-state index is 12.5. The summed E-state index contributed by atoms with van der Waals surface area (Å²) in [6, 6.07) is 0. The zero-order chi connectivity index (χ0) is 36.1. The summed E-state index contributed by atoms with van der Waals surface area (Å²) in [6.45, 7) is 22.3. The molecule has 48 heavy (non-hydrogen) atoms. The number of carbonyl (C=O) groups is 1. The first-order valence-electron chi connectivity index (χ1n) is 20.4. The van der Waals surface area contributed by atoms with E-state index in [1.807, 2.05) is 20.8 Å². The van der Waals surface area contributed by atoms with Crippen LogP contribution in [0.5, 0.6) is 0 Å². The molecule has 1 aliphatic rings. The van der Waals surface area contributed by atoms with Gasteiger partial charge in [-0.2, -0.15) is 0 Å². The predicted molar refractivity (Wildman–Crippen MR) is 214 cm³/mol. The average molecular weight is 896 g/mol. The van der Waals surface area contributed by atoms with Gasteiger partial charge >= 0.3 is 293 Å². The monoisotopic (exact) mass is 897 g/mol. The van der Waals surface area contributed by atoms with Crippen LogP contribution in [-0.4, -0.2) is 101 Å². The van der Waals surface area contributed by atoms with Crippen LogP contribution in [0.4, 0.5) is 4.79 Å². The molecule has 1 rings (SSSR count). The zero-order valence-electron chi connectivity index (χ0n) is 33.8. The Morgan fingerprint density at radius 2 is 1.31 bits per heavy atom. The van der Waals surface area contributed by atoms with Gasteiger partial charge in [-0.25, -0.2) is 0 Å². The third-order valence-corrected chi connectivity index (χ3v) is 34.5. The normalized spacial score (nSPS) is 17.2. The second-order valence-electron chi connectivity index (χ2n) is 15.5. The van der Waals surface area contributed by atoms with E-state index >= 15 is 0 Å². The fourth-order valence-corrected chi connectivity index (χ4v) is 31.9. The first kappa shape index (κ1) is 48.5. The van der Waals surface area contributed by atoms with Crippen molar-refractivity contribution in [2.24, 2.45) is 5.92 Å². The third kappa shape index (κ3) is 24.6. The van der Waals surface area contributed by atoms with Crippen molar-refractivity contribution < 1.29 is 23.7 Å². The molecule has 2 unspecified atom stereocenters. The van der Waals surface area contributed by atoms with Crippen LogP contribution in [-0.2, 0) is 18.9 Å². The fraction of sp³-hybridized carbons (Fsp3) is 0.925. The minimum absolute atomic E-state index is 0.114. The maximum absolute atomic E-state index is 12.5. The number of hydrogen-bond acceptors (Lipinski definition) is 5. The Balaban J connectivity index is 0.00000143.